The van der Waals surface area contributed by atoms with Crippen LogP contribution in [-0.2, 0) is 4.79 Å². The first-order chi connectivity index (χ1) is 7.52. The van der Waals surface area contributed by atoms with E-state index in [2.05, 4.69) is 24.5 Å². The Hall–Kier alpha value is -0.770. The molecule has 1 saturated carbocycles. The highest BCUT2D eigenvalue weighted by molar-refractivity contribution is 6.28. The van der Waals surface area contributed by atoms with Gasteiger partial charge in [0.1, 0.15) is 5.88 Å². The summed E-state index contributed by atoms with van der Waals surface area (Å²) in [6.45, 7) is 4.43. The van der Waals surface area contributed by atoms with E-state index in [4.69, 9.17) is 11.6 Å². The summed E-state index contributed by atoms with van der Waals surface area (Å²) < 4.78 is 0. The molecule has 0 radical (unpaired) electrons. The molecule has 0 aromatic carbocycles. The number of amides is 3. The highest BCUT2D eigenvalue weighted by atomic mass is 35.5. The number of rotatable bonds is 2. The van der Waals surface area contributed by atoms with Gasteiger partial charge in [-0.3, -0.25) is 10.1 Å². The van der Waals surface area contributed by atoms with E-state index in [1.54, 1.807) is 0 Å². The van der Waals surface area contributed by atoms with Gasteiger partial charge in [0.15, 0.2) is 0 Å². The molecule has 0 aromatic rings. The summed E-state index contributed by atoms with van der Waals surface area (Å²) in [6, 6.07) is -0.258. The van der Waals surface area contributed by atoms with Crippen LogP contribution in [-0.4, -0.2) is 23.9 Å². The average molecular weight is 247 g/mol. The molecule has 2 N–H and O–H groups in total. The van der Waals surface area contributed by atoms with Crippen LogP contribution in [0.3, 0.4) is 0 Å². The van der Waals surface area contributed by atoms with Gasteiger partial charge in [0.2, 0.25) is 5.91 Å². The summed E-state index contributed by atoms with van der Waals surface area (Å²) in [7, 11) is 0. The number of carbonyl (C=O) groups is 2. The van der Waals surface area contributed by atoms with Crippen LogP contribution in [0.15, 0.2) is 0 Å². The Labute approximate surface area is 101 Å². The molecule has 1 aliphatic rings. The summed E-state index contributed by atoms with van der Waals surface area (Å²) in [5.41, 5.74) is 0. The van der Waals surface area contributed by atoms with E-state index in [-0.39, 0.29) is 11.9 Å². The van der Waals surface area contributed by atoms with Crippen LogP contribution in [0.25, 0.3) is 0 Å². The second kappa shape index (κ2) is 6.09. The molecule has 3 amide bonds. The number of alkyl halides is 1. The Kier molecular flexibility index (Phi) is 5.06. The summed E-state index contributed by atoms with van der Waals surface area (Å²) >= 11 is 5.29. The van der Waals surface area contributed by atoms with E-state index in [1.807, 2.05) is 0 Å². The third kappa shape index (κ3) is 4.00. The van der Waals surface area contributed by atoms with Crippen molar-refractivity contribution in [3.8, 4) is 0 Å². The maximum absolute atomic E-state index is 11.4. The fraction of sp³-hybridized carbons (Fsp3) is 0.818. The molecule has 0 spiro atoms. The number of urea groups is 1. The topological polar surface area (TPSA) is 58.2 Å². The minimum Gasteiger partial charge on any atom is -0.335 e. The van der Waals surface area contributed by atoms with Gasteiger partial charge in [-0.05, 0) is 31.1 Å². The van der Waals surface area contributed by atoms with E-state index >= 15 is 0 Å². The number of nitrogens with one attached hydrogen (secondary N) is 2. The van der Waals surface area contributed by atoms with Crippen molar-refractivity contribution in [2.24, 2.45) is 11.8 Å². The van der Waals surface area contributed by atoms with E-state index in [1.165, 1.54) is 0 Å². The van der Waals surface area contributed by atoms with Crippen molar-refractivity contribution in [1.82, 2.24) is 10.6 Å². The van der Waals surface area contributed by atoms with Crippen molar-refractivity contribution in [3.05, 3.63) is 0 Å². The lowest BCUT2D eigenvalue weighted by Gasteiger charge is -2.32. The lowest BCUT2D eigenvalue weighted by atomic mass is 9.79. The van der Waals surface area contributed by atoms with Crippen LogP contribution in [0.2, 0.25) is 0 Å². The van der Waals surface area contributed by atoms with Gasteiger partial charge in [0, 0.05) is 6.04 Å². The average Bonchev–Trinajstić information content (AvgIpc) is 2.23. The van der Waals surface area contributed by atoms with Crippen LogP contribution in [0.5, 0.6) is 0 Å². The van der Waals surface area contributed by atoms with E-state index in [0.717, 1.165) is 19.3 Å². The molecule has 3 unspecified atom stereocenters. The third-order valence-corrected chi connectivity index (χ3v) is 3.55. The molecule has 0 saturated heterocycles. The minimum absolute atomic E-state index is 0.175. The zero-order valence-electron chi connectivity index (χ0n) is 9.75. The maximum atomic E-state index is 11.4. The summed E-state index contributed by atoms with van der Waals surface area (Å²) in [5, 5.41) is 4.99. The van der Waals surface area contributed by atoms with Gasteiger partial charge in [-0.2, -0.15) is 0 Å². The highest BCUT2D eigenvalue weighted by Crippen LogP contribution is 2.29. The highest BCUT2D eigenvalue weighted by Gasteiger charge is 2.25. The van der Waals surface area contributed by atoms with Crippen LogP contribution in [0, 0.1) is 11.8 Å². The molecule has 0 aliphatic heterocycles. The van der Waals surface area contributed by atoms with Gasteiger partial charge in [0.05, 0.1) is 0 Å². The first-order valence-corrected chi connectivity index (χ1v) is 6.22. The molecule has 1 fully saturated rings. The van der Waals surface area contributed by atoms with Crippen molar-refractivity contribution in [2.45, 2.75) is 39.2 Å². The molecule has 4 nitrogen and oxygen atoms in total. The number of imide groups is 1. The molecule has 3 atom stereocenters. The second-order valence-electron chi connectivity index (χ2n) is 4.62. The van der Waals surface area contributed by atoms with E-state index < -0.39 is 11.9 Å². The zero-order chi connectivity index (χ0) is 12.1. The molecule has 0 aromatic heterocycles. The quantitative estimate of drug-likeness (QED) is 0.731. The predicted octanol–water partition coefficient (Wildman–Crippen LogP) is 1.88. The fourth-order valence-electron chi connectivity index (χ4n) is 2.06. The molecule has 0 bridgehead atoms. The van der Waals surface area contributed by atoms with Crippen molar-refractivity contribution < 1.29 is 9.59 Å². The van der Waals surface area contributed by atoms with E-state index in [9.17, 15) is 9.59 Å². The van der Waals surface area contributed by atoms with Crippen LogP contribution in [0.4, 0.5) is 4.79 Å². The second-order valence-corrected chi connectivity index (χ2v) is 4.89. The molecule has 16 heavy (non-hydrogen) atoms. The van der Waals surface area contributed by atoms with Crippen molar-refractivity contribution in [3.63, 3.8) is 0 Å². The van der Waals surface area contributed by atoms with E-state index in [0.29, 0.717) is 11.8 Å². The monoisotopic (exact) mass is 246 g/mol. The Morgan fingerprint density at radius 3 is 2.50 bits per heavy atom. The first-order valence-electron chi connectivity index (χ1n) is 5.69. The number of halogens is 1. The zero-order valence-corrected chi connectivity index (χ0v) is 10.5. The molecule has 0 heterocycles. The van der Waals surface area contributed by atoms with Crippen LogP contribution >= 0.6 is 11.6 Å². The van der Waals surface area contributed by atoms with Gasteiger partial charge in [-0.15, -0.1) is 11.6 Å². The Balaban J connectivity index is 2.32. The summed E-state index contributed by atoms with van der Waals surface area (Å²) in [4.78, 5) is 22.2. The van der Waals surface area contributed by atoms with Crippen molar-refractivity contribution in [2.75, 3.05) is 5.88 Å². The number of hydrogen-bond acceptors (Lipinski definition) is 2. The number of carbonyl (C=O) groups excluding carboxylic acids is 2. The molecular weight excluding hydrogens is 228 g/mol. The van der Waals surface area contributed by atoms with Gasteiger partial charge in [0.25, 0.3) is 0 Å². The van der Waals surface area contributed by atoms with Gasteiger partial charge in [-0.25, -0.2) is 4.79 Å². The van der Waals surface area contributed by atoms with Gasteiger partial charge < -0.3 is 5.32 Å². The maximum Gasteiger partial charge on any atom is 0.321 e. The molecule has 5 heteroatoms. The Bertz CT molecular complexity index is 271. The SMILES string of the molecule is CC1CCC(NC(=O)NC(=O)CCl)CC1C. The molecule has 1 rings (SSSR count). The number of hydrogen-bond donors (Lipinski definition) is 2. The fourth-order valence-corrected chi connectivity index (χ4v) is 2.13. The normalized spacial score (nSPS) is 29.6. The Morgan fingerprint density at radius 2 is 1.94 bits per heavy atom. The predicted molar refractivity (Wildman–Crippen MR) is 63.4 cm³/mol. The lowest BCUT2D eigenvalue weighted by Crippen LogP contribution is -2.47. The van der Waals surface area contributed by atoms with Crippen LogP contribution < -0.4 is 10.6 Å². The smallest absolute Gasteiger partial charge is 0.321 e. The largest absolute Gasteiger partial charge is 0.335 e. The standard InChI is InChI=1S/C11H19ClN2O2/c1-7-3-4-9(5-8(7)2)13-11(16)14-10(15)6-12/h7-9H,3-6H2,1-2H3,(H2,13,14,15,16). The van der Waals surface area contributed by atoms with Crippen molar-refractivity contribution in [1.29, 1.82) is 0 Å². The lowest BCUT2D eigenvalue weighted by molar-refractivity contribution is -0.117. The third-order valence-electron chi connectivity index (χ3n) is 3.31. The minimum atomic E-state index is -0.462. The van der Waals surface area contributed by atoms with Crippen molar-refractivity contribution >= 4 is 23.5 Å². The van der Waals surface area contributed by atoms with Gasteiger partial charge >= 0.3 is 6.03 Å². The van der Waals surface area contributed by atoms with Crippen LogP contribution in [0.1, 0.15) is 33.1 Å². The molecule has 92 valence electrons. The Morgan fingerprint density at radius 1 is 1.25 bits per heavy atom. The summed E-state index contributed by atoms with van der Waals surface area (Å²) in [6.07, 6.45) is 3.08. The first kappa shape index (κ1) is 13.3. The summed E-state index contributed by atoms with van der Waals surface area (Å²) in [5.74, 6) is 0.677. The molecular formula is C11H19ClN2O2. The van der Waals surface area contributed by atoms with Gasteiger partial charge in [-0.1, -0.05) is 13.8 Å². The molecule has 1 aliphatic carbocycles.